The third-order valence-electron chi connectivity index (χ3n) is 1.94. The maximum atomic E-state index is 11.8. The maximum absolute atomic E-state index is 11.8. The molecule has 0 aliphatic rings. The molecule has 0 bridgehead atoms. The Bertz CT molecular complexity index is 382. The first kappa shape index (κ1) is 14.4. The standard InChI is InChI=1S/C11H14F3NO3/c1-16-9-3-2-8(15)6-10(9)18-5-4-17-7-11(12,13)14/h2-3,6H,4-5,7,15H2,1H3. The second-order valence-corrected chi connectivity index (χ2v) is 3.43. The Morgan fingerprint density at radius 1 is 1.17 bits per heavy atom. The largest absolute Gasteiger partial charge is 0.493 e. The number of nitrogens with two attached hydrogens (primary N) is 1. The SMILES string of the molecule is COc1ccc(N)cc1OCCOCC(F)(F)F. The van der Waals surface area contributed by atoms with E-state index in [2.05, 4.69) is 4.74 Å². The third kappa shape index (κ3) is 5.13. The van der Waals surface area contributed by atoms with Crippen LogP contribution in [0.1, 0.15) is 0 Å². The van der Waals surface area contributed by atoms with Crippen molar-refractivity contribution in [1.29, 1.82) is 0 Å². The van der Waals surface area contributed by atoms with E-state index in [0.29, 0.717) is 17.2 Å². The molecular weight excluding hydrogens is 251 g/mol. The zero-order valence-electron chi connectivity index (χ0n) is 9.79. The van der Waals surface area contributed by atoms with E-state index >= 15 is 0 Å². The Hall–Kier alpha value is -1.63. The summed E-state index contributed by atoms with van der Waals surface area (Å²) in [5.74, 6) is 0.827. The van der Waals surface area contributed by atoms with Crippen molar-refractivity contribution >= 4 is 5.69 Å². The van der Waals surface area contributed by atoms with Gasteiger partial charge < -0.3 is 19.9 Å². The zero-order chi connectivity index (χ0) is 13.6. The lowest BCUT2D eigenvalue weighted by molar-refractivity contribution is -0.175. The van der Waals surface area contributed by atoms with Gasteiger partial charge in [-0.05, 0) is 12.1 Å². The summed E-state index contributed by atoms with van der Waals surface area (Å²) in [6.07, 6.45) is -4.32. The summed E-state index contributed by atoms with van der Waals surface area (Å²) in [6.45, 7) is -1.47. The van der Waals surface area contributed by atoms with Crippen LogP contribution in [0.15, 0.2) is 18.2 Å². The minimum Gasteiger partial charge on any atom is -0.493 e. The van der Waals surface area contributed by atoms with Gasteiger partial charge in [-0.2, -0.15) is 13.2 Å². The van der Waals surface area contributed by atoms with Gasteiger partial charge in [0.15, 0.2) is 11.5 Å². The van der Waals surface area contributed by atoms with Crippen LogP contribution in [0.25, 0.3) is 0 Å². The van der Waals surface area contributed by atoms with E-state index in [1.807, 2.05) is 0 Å². The summed E-state index contributed by atoms with van der Waals surface area (Å²) in [6, 6.07) is 4.77. The number of alkyl halides is 3. The van der Waals surface area contributed by atoms with Crippen molar-refractivity contribution in [3.8, 4) is 11.5 Å². The smallest absolute Gasteiger partial charge is 0.411 e. The summed E-state index contributed by atoms with van der Waals surface area (Å²) >= 11 is 0. The van der Waals surface area contributed by atoms with E-state index in [4.69, 9.17) is 15.2 Å². The van der Waals surface area contributed by atoms with Crippen LogP contribution in [-0.2, 0) is 4.74 Å². The van der Waals surface area contributed by atoms with E-state index in [0.717, 1.165) is 0 Å². The highest BCUT2D eigenvalue weighted by atomic mass is 19.4. The van der Waals surface area contributed by atoms with Crippen molar-refractivity contribution in [3.63, 3.8) is 0 Å². The molecule has 0 radical (unpaired) electrons. The van der Waals surface area contributed by atoms with Crippen LogP contribution in [-0.4, -0.2) is 33.1 Å². The maximum Gasteiger partial charge on any atom is 0.411 e. The summed E-state index contributed by atoms with van der Waals surface area (Å²) in [5.41, 5.74) is 6.03. The predicted octanol–water partition coefficient (Wildman–Crippen LogP) is 2.24. The summed E-state index contributed by atoms with van der Waals surface area (Å²) < 4.78 is 50.0. The Balaban J connectivity index is 2.37. The lowest BCUT2D eigenvalue weighted by Gasteiger charge is -2.12. The fourth-order valence-corrected chi connectivity index (χ4v) is 1.20. The molecule has 1 rings (SSSR count). The second-order valence-electron chi connectivity index (χ2n) is 3.43. The molecule has 0 atom stereocenters. The fraction of sp³-hybridized carbons (Fsp3) is 0.455. The number of ether oxygens (including phenoxy) is 3. The lowest BCUT2D eigenvalue weighted by Crippen LogP contribution is -2.19. The number of hydrogen-bond acceptors (Lipinski definition) is 4. The van der Waals surface area contributed by atoms with Crippen molar-refractivity contribution in [1.82, 2.24) is 0 Å². The first-order chi connectivity index (χ1) is 8.42. The number of benzene rings is 1. The number of methoxy groups -OCH3 is 1. The Kier molecular flexibility index (Phi) is 5.08. The van der Waals surface area contributed by atoms with Gasteiger partial charge in [0.1, 0.15) is 13.2 Å². The molecular formula is C11H14F3NO3. The Morgan fingerprint density at radius 3 is 2.50 bits per heavy atom. The van der Waals surface area contributed by atoms with Gasteiger partial charge in [-0.1, -0.05) is 0 Å². The molecule has 0 saturated heterocycles. The minimum absolute atomic E-state index is 0.0180. The second kappa shape index (κ2) is 6.34. The molecule has 0 amide bonds. The van der Waals surface area contributed by atoms with Gasteiger partial charge in [0.25, 0.3) is 0 Å². The highest BCUT2D eigenvalue weighted by molar-refractivity contribution is 5.51. The van der Waals surface area contributed by atoms with Crippen LogP contribution in [0.3, 0.4) is 0 Å². The zero-order valence-corrected chi connectivity index (χ0v) is 9.79. The van der Waals surface area contributed by atoms with Crippen LogP contribution in [0.5, 0.6) is 11.5 Å². The van der Waals surface area contributed by atoms with E-state index in [1.54, 1.807) is 12.1 Å². The quantitative estimate of drug-likeness (QED) is 0.633. The number of nitrogen functional groups attached to an aromatic ring is 1. The monoisotopic (exact) mass is 265 g/mol. The molecule has 1 aromatic carbocycles. The normalized spacial score (nSPS) is 11.3. The molecule has 0 aromatic heterocycles. The van der Waals surface area contributed by atoms with Crippen molar-refractivity contribution in [2.24, 2.45) is 0 Å². The summed E-state index contributed by atoms with van der Waals surface area (Å²) in [5, 5.41) is 0. The molecule has 7 heteroatoms. The molecule has 0 spiro atoms. The summed E-state index contributed by atoms with van der Waals surface area (Å²) in [7, 11) is 1.46. The first-order valence-electron chi connectivity index (χ1n) is 5.13. The van der Waals surface area contributed by atoms with Gasteiger partial charge in [0.05, 0.1) is 13.7 Å². The Labute approximate surface area is 102 Å². The number of hydrogen-bond donors (Lipinski definition) is 1. The fourth-order valence-electron chi connectivity index (χ4n) is 1.20. The lowest BCUT2D eigenvalue weighted by atomic mass is 10.3. The highest BCUT2D eigenvalue weighted by Gasteiger charge is 2.27. The van der Waals surface area contributed by atoms with E-state index in [1.165, 1.54) is 13.2 Å². The molecule has 102 valence electrons. The van der Waals surface area contributed by atoms with Crippen LogP contribution in [0.4, 0.5) is 18.9 Å². The third-order valence-corrected chi connectivity index (χ3v) is 1.94. The molecule has 0 aliphatic heterocycles. The predicted molar refractivity (Wildman–Crippen MR) is 59.8 cm³/mol. The molecule has 0 saturated carbocycles. The number of anilines is 1. The van der Waals surface area contributed by atoms with Gasteiger partial charge in [-0.25, -0.2) is 0 Å². The molecule has 1 aromatic rings. The van der Waals surface area contributed by atoms with Crippen LogP contribution in [0.2, 0.25) is 0 Å². The van der Waals surface area contributed by atoms with E-state index in [9.17, 15) is 13.2 Å². The average molecular weight is 265 g/mol. The van der Waals surface area contributed by atoms with E-state index in [-0.39, 0.29) is 13.2 Å². The molecule has 0 unspecified atom stereocenters. The molecule has 0 heterocycles. The number of halogens is 3. The average Bonchev–Trinajstić information content (AvgIpc) is 2.27. The highest BCUT2D eigenvalue weighted by Crippen LogP contribution is 2.28. The van der Waals surface area contributed by atoms with Crippen LogP contribution < -0.4 is 15.2 Å². The van der Waals surface area contributed by atoms with Crippen molar-refractivity contribution in [3.05, 3.63) is 18.2 Å². The van der Waals surface area contributed by atoms with Crippen molar-refractivity contribution in [2.75, 3.05) is 32.7 Å². The molecule has 0 fully saturated rings. The Morgan fingerprint density at radius 2 is 1.89 bits per heavy atom. The van der Waals surface area contributed by atoms with Crippen LogP contribution in [0, 0.1) is 0 Å². The van der Waals surface area contributed by atoms with Crippen molar-refractivity contribution in [2.45, 2.75) is 6.18 Å². The van der Waals surface area contributed by atoms with Gasteiger partial charge in [-0.15, -0.1) is 0 Å². The number of rotatable bonds is 6. The van der Waals surface area contributed by atoms with Gasteiger partial charge in [0.2, 0.25) is 0 Å². The topological polar surface area (TPSA) is 53.7 Å². The van der Waals surface area contributed by atoms with Crippen molar-refractivity contribution < 1.29 is 27.4 Å². The molecule has 2 N–H and O–H groups in total. The van der Waals surface area contributed by atoms with Gasteiger partial charge in [0, 0.05) is 11.8 Å². The van der Waals surface area contributed by atoms with E-state index < -0.39 is 12.8 Å². The molecule has 0 aliphatic carbocycles. The van der Waals surface area contributed by atoms with Crippen LogP contribution >= 0.6 is 0 Å². The van der Waals surface area contributed by atoms with Gasteiger partial charge in [-0.3, -0.25) is 0 Å². The van der Waals surface area contributed by atoms with Gasteiger partial charge >= 0.3 is 6.18 Å². The minimum atomic E-state index is -4.32. The summed E-state index contributed by atoms with van der Waals surface area (Å²) in [4.78, 5) is 0. The molecule has 4 nitrogen and oxygen atoms in total. The molecule has 18 heavy (non-hydrogen) atoms. The first-order valence-corrected chi connectivity index (χ1v) is 5.13.